The molecule has 2 N–H and O–H groups in total. The average Bonchev–Trinajstić information content (AvgIpc) is 2.91. The number of halogens is 2. The molecule has 1 atom stereocenters. The van der Waals surface area contributed by atoms with Gasteiger partial charge in [0.2, 0.25) is 0 Å². The van der Waals surface area contributed by atoms with Gasteiger partial charge in [0.25, 0.3) is 6.47 Å². The monoisotopic (exact) mass is 525 g/mol. The van der Waals surface area contributed by atoms with Gasteiger partial charge in [0.15, 0.2) is 11.6 Å². The van der Waals surface area contributed by atoms with Crippen LogP contribution >= 0.6 is 0 Å². The zero-order valence-corrected chi connectivity index (χ0v) is 24.2. The fourth-order valence-electron chi connectivity index (χ4n) is 4.10. The molecule has 37 heavy (non-hydrogen) atoms. The Hall–Kier alpha value is -2.13. The molecule has 6 nitrogen and oxygen atoms in total. The van der Waals surface area contributed by atoms with E-state index in [1.54, 1.807) is 6.07 Å². The van der Waals surface area contributed by atoms with Crippen molar-refractivity contribution < 1.29 is 58.1 Å². The predicted octanol–water partition coefficient (Wildman–Crippen LogP) is 2.44. The molecule has 2 aromatic rings. The van der Waals surface area contributed by atoms with Crippen LogP contribution in [0.3, 0.4) is 0 Å². The predicted molar refractivity (Wildman–Crippen MR) is 138 cm³/mol. The minimum atomic E-state index is -0.844. The Bertz CT molecular complexity index is 969. The maximum atomic E-state index is 13.2. The molecule has 2 aromatic carbocycles. The SMILES string of the molecule is CC1CCc2c(N=[C-]Cc3ccc(F)c(F)c3)[c-]ccc2N1C.CO.O=CC1CCCCC1.O=CO.[Na+]. The van der Waals surface area contributed by atoms with Crippen molar-refractivity contribution in [2.75, 3.05) is 19.1 Å². The fourth-order valence-corrected chi connectivity index (χ4v) is 4.10. The third kappa shape index (κ3) is 11.9. The number of hydrogen-bond acceptors (Lipinski definition) is 5. The van der Waals surface area contributed by atoms with E-state index >= 15 is 0 Å². The summed E-state index contributed by atoms with van der Waals surface area (Å²) in [5.74, 6) is -1.28. The molecule has 0 radical (unpaired) electrons. The molecule has 2 aliphatic rings. The van der Waals surface area contributed by atoms with E-state index in [1.165, 1.54) is 36.6 Å². The number of carbonyl (C=O) groups excluding carboxylic acids is 1. The Kier molecular flexibility index (Phi) is 18.8. The van der Waals surface area contributed by atoms with Gasteiger partial charge in [0.05, 0.1) is 0 Å². The average molecular weight is 526 g/mol. The van der Waals surface area contributed by atoms with Gasteiger partial charge >= 0.3 is 29.6 Å². The number of carboxylic acid groups (broad SMARTS) is 1. The van der Waals surface area contributed by atoms with E-state index in [9.17, 15) is 13.6 Å². The van der Waals surface area contributed by atoms with Gasteiger partial charge in [-0.15, -0.1) is 0 Å². The molecule has 1 aliphatic heterocycles. The summed E-state index contributed by atoms with van der Waals surface area (Å²) in [4.78, 5) is 25.2. The number of benzene rings is 2. The first-order chi connectivity index (χ1) is 17.4. The third-order valence-electron chi connectivity index (χ3n) is 6.21. The molecule has 1 fully saturated rings. The van der Waals surface area contributed by atoms with Crippen molar-refractivity contribution in [2.24, 2.45) is 10.9 Å². The normalized spacial score (nSPS) is 16.4. The molecule has 9 heteroatoms. The Morgan fingerprint density at radius 3 is 2.32 bits per heavy atom. The van der Waals surface area contributed by atoms with Gasteiger partial charge in [-0.2, -0.15) is 23.9 Å². The van der Waals surface area contributed by atoms with Gasteiger partial charge in [-0.05, 0) is 38.3 Å². The van der Waals surface area contributed by atoms with Crippen LogP contribution in [-0.2, 0) is 22.4 Å². The second-order valence-corrected chi connectivity index (χ2v) is 8.52. The number of nitrogens with zero attached hydrogens (tertiary/aromatic N) is 2. The molecule has 4 rings (SSSR count). The van der Waals surface area contributed by atoms with Crippen LogP contribution in [0.15, 0.2) is 35.3 Å². The van der Waals surface area contributed by atoms with Gasteiger partial charge < -0.3 is 24.9 Å². The quantitative estimate of drug-likeness (QED) is 0.277. The number of fused-ring (bicyclic) bond motifs is 1. The summed E-state index contributed by atoms with van der Waals surface area (Å²) in [5.41, 5.74) is 3.77. The molecular weight excluding hydrogens is 489 g/mol. The third-order valence-corrected chi connectivity index (χ3v) is 6.21. The minimum Gasteiger partial charge on any atom is -0.483 e. The Morgan fingerprint density at radius 1 is 1.11 bits per heavy atom. The van der Waals surface area contributed by atoms with Crippen LogP contribution in [0.5, 0.6) is 0 Å². The molecule has 0 amide bonds. The number of aldehydes is 1. The second kappa shape index (κ2) is 19.9. The number of aliphatic imine (C=N–C) groups is 1. The second-order valence-electron chi connectivity index (χ2n) is 8.52. The van der Waals surface area contributed by atoms with Crippen molar-refractivity contribution in [1.29, 1.82) is 0 Å². The summed E-state index contributed by atoms with van der Waals surface area (Å²) < 4.78 is 26.1. The number of anilines is 1. The van der Waals surface area contributed by atoms with E-state index in [-0.39, 0.29) is 36.0 Å². The van der Waals surface area contributed by atoms with Crippen LogP contribution in [0.2, 0.25) is 0 Å². The molecule has 1 saturated carbocycles. The standard InChI is InChI=1S/C19H18F2N2.C7H12O.CH2O2.CH4O.Na/c1-13-6-8-15-18(4-3-5-19(15)23(13)2)22-11-10-14-7-9-16(20)17(21)12-14;8-6-7-4-2-1-3-5-7;2-1-3;1-2;/h3,5,7,9,12-13H,6,8,10H2,1-2H3;6-7H,1-5H2;1H,(H,2,3);2H,1H3;/q-2;;;;+1. The molecule has 1 heterocycles. The summed E-state index contributed by atoms with van der Waals surface area (Å²) in [6.07, 6.45) is 12.6. The minimum absolute atomic E-state index is 0. The Labute approximate surface area is 241 Å². The van der Waals surface area contributed by atoms with E-state index in [0.29, 0.717) is 23.9 Å². The zero-order valence-electron chi connectivity index (χ0n) is 22.2. The van der Waals surface area contributed by atoms with Gasteiger partial charge in [0.1, 0.15) is 6.29 Å². The van der Waals surface area contributed by atoms with E-state index in [2.05, 4.69) is 42.2 Å². The van der Waals surface area contributed by atoms with Crippen molar-refractivity contribution in [2.45, 2.75) is 64.3 Å². The molecule has 1 aliphatic carbocycles. The maximum Gasteiger partial charge on any atom is 1.00 e. The summed E-state index contributed by atoms with van der Waals surface area (Å²) in [6, 6.07) is 11.4. The number of hydrogen-bond donors (Lipinski definition) is 2. The first kappa shape index (κ1) is 34.9. The van der Waals surface area contributed by atoms with Crippen molar-refractivity contribution in [1.82, 2.24) is 0 Å². The summed E-state index contributed by atoms with van der Waals surface area (Å²) in [5, 5.41) is 13.9. The van der Waals surface area contributed by atoms with Crippen molar-refractivity contribution in [3.8, 4) is 0 Å². The summed E-state index contributed by atoms with van der Waals surface area (Å²) in [6.45, 7) is 1.96. The largest absolute Gasteiger partial charge is 1.00 e. The Morgan fingerprint density at radius 2 is 1.76 bits per heavy atom. The number of carbonyl (C=O) groups is 2. The molecule has 0 bridgehead atoms. The number of aliphatic hydroxyl groups is 1. The van der Waals surface area contributed by atoms with Crippen LogP contribution in [-0.4, -0.2) is 49.4 Å². The number of rotatable bonds is 4. The molecular formula is C28H36F2N2NaO4-. The molecule has 0 aromatic heterocycles. The molecule has 0 spiro atoms. The van der Waals surface area contributed by atoms with Crippen LogP contribution in [0.4, 0.5) is 20.2 Å². The van der Waals surface area contributed by atoms with Crippen LogP contribution in [0.1, 0.15) is 56.6 Å². The smallest absolute Gasteiger partial charge is 0.483 e. The van der Waals surface area contributed by atoms with Gasteiger partial charge in [-0.3, -0.25) is 10.9 Å². The van der Waals surface area contributed by atoms with Gasteiger partial charge in [-0.1, -0.05) is 49.4 Å². The van der Waals surface area contributed by atoms with Crippen molar-refractivity contribution in [3.05, 3.63) is 59.2 Å². The fraction of sp³-hybridized carbons (Fsp3) is 0.464. The zero-order chi connectivity index (χ0) is 26.9. The number of aliphatic hydroxyl groups excluding tert-OH is 1. The van der Waals surface area contributed by atoms with Gasteiger partial charge in [-0.25, -0.2) is 14.5 Å². The van der Waals surface area contributed by atoms with E-state index in [4.69, 9.17) is 15.0 Å². The Balaban J connectivity index is 0.000000774. The van der Waals surface area contributed by atoms with Crippen LogP contribution in [0, 0.1) is 23.6 Å². The van der Waals surface area contributed by atoms with Crippen molar-refractivity contribution in [3.63, 3.8) is 0 Å². The first-order valence-electron chi connectivity index (χ1n) is 12.0. The van der Waals surface area contributed by atoms with Crippen LogP contribution in [0.25, 0.3) is 0 Å². The van der Waals surface area contributed by atoms with E-state index in [1.807, 2.05) is 6.07 Å². The molecule has 0 saturated heterocycles. The van der Waals surface area contributed by atoms with Gasteiger partial charge in [0, 0.05) is 26.1 Å². The molecule has 1 unspecified atom stereocenters. The van der Waals surface area contributed by atoms with Crippen LogP contribution < -0.4 is 34.5 Å². The molecule has 198 valence electrons. The van der Waals surface area contributed by atoms with E-state index in [0.717, 1.165) is 50.8 Å². The topological polar surface area (TPSA) is 90.2 Å². The first-order valence-corrected chi connectivity index (χ1v) is 12.0. The van der Waals surface area contributed by atoms with E-state index < -0.39 is 11.6 Å². The summed E-state index contributed by atoms with van der Waals surface area (Å²) >= 11 is 0. The summed E-state index contributed by atoms with van der Waals surface area (Å²) in [7, 11) is 3.08. The van der Waals surface area contributed by atoms with Crippen molar-refractivity contribution >= 4 is 30.3 Å². The maximum absolute atomic E-state index is 13.2.